The van der Waals surface area contributed by atoms with Gasteiger partial charge in [-0.2, -0.15) is 0 Å². The number of β-amino-alcohol motifs (C(OH)–C–C–N with tert-alkyl or cyclic N) is 1. The van der Waals surface area contributed by atoms with Gasteiger partial charge in [0.25, 0.3) is 0 Å². The third kappa shape index (κ3) is 5.10. The van der Waals surface area contributed by atoms with E-state index in [9.17, 15) is 19.5 Å². The molecule has 2 N–H and O–H groups in total. The molecule has 1 atom stereocenters. The Morgan fingerprint density at radius 2 is 1.75 bits per heavy atom. The van der Waals surface area contributed by atoms with E-state index in [1.54, 1.807) is 24.3 Å². The van der Waals surface area contributed by atoms with Crippen LogP contribution in [0.15, 0.2) is 24.3 Å². The van der Waals surface area contributed by atoms with Crippen LogP contribution >= 0.6 is 0 Å². The molecule has 1 spiro atoms. The lowest BCUT2D eigenvalue weighted by Crippen LogP contribution is -2.51. The lowest BCUT2D eigenvalue weighted by molar-refractivity contribution is -0.156. The molecule has 7 nitrogen and oxygen atoms in total. The normalized spacial score (nSPS) is 20.1. The average molecular weight is 388 g/mol. The van der Waals surface area contributed by atoms with E-state index in [1.807, 2.05) is 0 Å². The Kier molecular flexibility index (Phi) is 6.34. The quantitative estimate of drug-likeness (QED) is 0.730. The van der Waals surface area contributed by atoms with E-state index in [0.717, 1.165) is 25.7 Å². The number of likely N-dealkylation sites (tertiary alicyclic amines) is 1. The Labute approximate surface area is 165 Å². The molecule has 0 radical (unpaired) electrons. The molecule has 28 heavy (non-hydrogen) atoms. The van der Waals surface area contributed by atoms with Gasteiger partial charge >= 0.3 is 0 Å². The zero-order chi connectivity index (χ0) is 20.1. The third-order valence-corrected chi connectivity index (χ3v) is 5.58. The minimum atomic E-state index is -0.955. The molecule has 2 fully saturated rings. The maximum atomic E-state index is 12.5. The molecule has 2 aliphatic rings. The molecule has 1 aliphatic heterocycles. The van der Waals surface area contributed by atoms with Crippen LogP contribution in [0.25, 0.3) is 0 Å². The number of nitrogens with zero attached hydrogens (tertiary/aromatic N) is 1. The molecular weight excluding hydrogens is 360 g/mol. The van der Waals surface area contributed by atoms with Gasteiger partial charge in [0.15, 0.2) is 0 Å². The van der Waals surface area contributed by atoms with Crippen molar-refractivity contribution in [3.63, 3.8) is 0 Å². The summed E-state index contributed by atoms with van der Waals surface area (Å²) in [6.45, 7) is 1.36. The van der Waals surface area contributed by atoms with E-state index in [0.29, 0.717) is 24.3 Å². The summed E-state index contributed by atoms with van der Waals surface area (Å²) in [6, 6.07) is 6.76. The molecule has 0 bridgehead atoms. The van der Waals surface area contributed by atoms with Gasteiger partial charge in [-0.05, 0) is 42.5 Å². The number of hydrogen-bond donors (Lipinski definition) is 2. The van der Waals surface area contributed by atoms with Crippen LogP contribution in [0.5, 0.6) is 5.75 Å². The van der Waals surface area contributed by atoms with Crippen molar-refractivity contribution in [1.82, 2.24) is 4.90 Å². The van der Waals surface area contributed by atoms with Gasteiger partial charge in [0.2, 0.25) is 17.7 Å². The largest absolute Gasteiger partial charge is 0.491 e. The van der Waals surface area contributed by atoms with Crippen LogP contribution in [-0.2, 0) is 14.4 Å². The number of aliphatic hydroxyl groups is 1. The SMILES string of the molecule is CC(=O)Nc1ccc(OC[C@H](O)CN2C(=O)CC3(CCCCC3)CC2=O)cc1. The highest BCUT2D eigenvalue weighted by Crippen LogP contribution is 2.45. The molecule has 7 heteroatoms. The van der Waals surface area contributed by atoms with Crippen LogP contribution in [0.2, 0.25) is 0 Å². The number of benzene rings is 1. The molecule has 1 aromatic rings. The van der Waals surface area contributed by atoms with E-state index >= 15 is 0 Å². The van der Waals surface area contributed by atoms with E-state index < -0.39 is 6.10 Å². The fourth-order valence-corrected chi connectivity index (χ4v) is 4.19. The zero-order valence-electron chi connectivity index (χ0n) is 16.3. The second-order valence-corrected chi connectivity index (χ2v) is 7.98. The summed E-state index contributed by atoms with van der Waals surface area (Å²) in [6.07, 6.45) is 5.07. The van der Waals surface area contributed by atoms with Crippen LogP contribution in [0, 0.1) is 5.41 Å². The molecule has 1 heterocycles. The average Bonchev–Trinajstić information content (AvgIpc) is 2.64. The Morgan fingerprint density at radius 1 is 1.14 bits per heavy atom. The van der Waals surface area contributed by atoms with Crippen LogP contribution in [0.4, 0.5) is 5.69 Å². The first-order valence-corrected chi connectivity index (χ1v) is 9.89. The lowest BCUT2D eigenvalue weighted by atomic mass is 9.67. The highest BCUT2D eigenvalue weighted by atomic mass is 16.5. The van der Waals surface area contributed by atoms with Gasteiger partial charge in [-0.3, -0.25) is 19.3 Å². The molecule has 3 amide bonds. The number of carbonyl (C=O) groups excluding carboxylic acids is 3. The predicted molar refractivity (Wildman–Crippen MR) is 104 cm³/mol. The smallest absolute Gasteiger partial charge is 0.229 e. The molecule has 1 aliphatic carbocycles. The predicted octanol–water partition coefficient (Wildman–Crippen LogP) is 2.48. The van der Waals surface area contributed by atoms with Gasteiger partial charge in [-0.25, -0.2) is 0 Å². The van der Waals surface area contributed by atoms with Gasteiger partial charge in [0.1, 0.15) is 18.5 Å². The second kappa shape index (κ2) is 8.73. The highest BCUT2D eigenvalue weighted by Gasteiger charge is 2.44. The molecule has 0 aromatic heterocycles. The minimum absolute atomic E-state index is 0.0261. The lowest BCUT2D eigenvalue weighted by Gasteiger charge is -2.42. The molecule has 1 saturated heterocycles. The monoisotopic (exact) mass is 388 g/mol. The molecule has 0 unspecified atom stereocenters. The Bertz CT molecular complexity index is 705. The number of ether oxygens (including phenoxy) is 1. The summed E-state index contributed by atoms with van der Waals surface area (Å²) in [5, 5.41) is 12.9. The van der Waals surface area contributed by atoms with Gasteiger partial charge < -0.3 is 15.2 Å². The first kappa shape index (κ1) is 20.3. The number of nitrogens with one attached hydrogen (secondary N) is 1. The summed E-state index contributed by atoms with van der Waals surface area (Å²) in [7, 11) is 0. The highest BCUT2D eigenvalue weighted by molar-refractivity contribution is 5.98. The van der Waals surface area contributed by atoms with E-state index in [-0.39, 0.29) is 36.3 Å². The first-order valence-electron chi connectivity index (χ1n) is 9.89. The summed E-state index contributed by atoms with van der Waals surface area (Å²) in [5.74, 6) is 0.00860. The first-order chi connectivity index (χ1) is 13.4. The van der Waals surface area contributed by atoms with Crippen molar-refractivity contribution in [2.45, 2.75) is 58.0 Å². The number of piperidine rings is 1. The van der Waals surface area contributed by atoms with E-state index in [4.69, 9.17) is 4.74 Å². The molecular formula is C21H28N2O5. The van der Waals surface area contributed by atoms with Gasteiger partial charge in [-0.1, -0.05) is 19.3 Å². The molecule has 1 saturated carbocycles. The Balaban J connectivity index is 1.49. The van der Waals surface area contributed by atoms with Gasteiger partial charge in [-0.15, -0.1) is 0 Å². The third-order valence-electron chi connectivity index (χ3n) is 5.58. The van der Waals surface area contributed by atoms with Crippen molar-refractivity contribution in [1.29, 1.82) is 0 Å². The Morgan fingerprint density at radius 3 is 2.32 bits per heavy atom. The fourth-order valence-electron chi connectivity index (χ4n) is 4.19. The number of aliphatic hydroxyl groups excluding tert-OH is 1. The van der Waals surface area contributed by atoms with Crippen molar-refractivity contribution in [2.75, 3.05) is 18.5 Å². The number of amides is 3. The van der Waals surface area contributed by atoms with Crippen LogP contribution in [-0.4, -0.2) is 47.0 Å². The van der Waals surface area contributed by atoms with Crippen LogP contribution < -0.4 is 10.1 Å². The van der Waals surface area contributed by atoms with Crippen molar-refractivity contribution in [2.24, 2.45) is 5.41 Å². The maximum Gasteiger partial charge on any atom is 0.229 e. The van der Waals surface area contributed by atoms with Crippen molar-refractivity contribution in [3.8, 4) is 5.75 Å². The summed E-state index contributed by atoms with van der Waals surface area (Å²) < 4.78 is 5.54. The zero-order valence-corrected chi connectivity index (χ0v) is 16.3. The number of rotatable bonds is 6. The minimum Gasteiger partial charge on any atom is -0.491 e. The number of anilines is 1. The second-order valence-electron chi connectivity index (χ2n) is 7.98. The molecule has 3 rings (SSSR count). The summed E-state index contributed by atoms with van der Waals surface area (Å²) >= 11 is 0. The maximum absolute atomic E-state index is 12.5. The van der Waals surface area contributed by atoms with Crippen molar-refractivity contribution in [3.05, 3.63) is 24.3 Å². The van der Waals surface area contributed by atoms with Crippen LogP contribution in [0.3, 0.4) is 0 Å². The van der Waals surface area contributed by atoms with E-state index in [1.165, 1.54) is 18.2 Å². The summed E-state index contributed by atoms with van der Waals surface area (Å²) in [5.41, 5.74) is 0.501. The standard InChI is InChI=1S/C21H28N2O5/c1-15(24)22-16-5-7-18(8-6-16)28-14-17(25)13-23-19(26)11-21(12-20(23)27)9-3-2-4-10-21/h5-8,17,25H,2-4,9-14H2,1H3,(H,22,24)/t17-/m1/s1. The fraction of sp³-hybridized carbons (Fsp3) is 0.571. The van der Waals surface area contributed by atoms with Crippen molar-refractivity contribution >= 4 is 23.4 Å². The van der Waals surface area contributed by atoms with Crippen LogP contribution in [0.1, 0.15) is 51.9 Å². The number of carbonyl (C=O) groups is 3. The summed E-state index contributed by atoms with van der Waals surface area (Å²) in [4.78, 5) is 37.3. The van der Waals surface area contributed by atoms with E-state index in [2.05, 4.69) is 5.32 Å². The number of imide groups is 1. The Hall–Kier alpha value is -2.41. The topological polar surface area (TPSA) is 95.9 Å². The van der Waals surface area contributed by atoms with Gasteiger partial charge in [0.05, 0.1) is 6.54 Å². The van der Waals surface area contributed by atoms with Crippen molar-refractivity contribution < 1.29 is 24.2 Å². The molecule has 1 aromatic carbocycles. The van der Waals surface area contributed by atoms with Gasteiger partial charge in [0, 0.05) is 25.5 Å². The molecule has 152 valence electrons. The number of hydrogen-bond acceptors (Lipinski definition) is 5.